The second kappa shape index (κ2) is 8.59. The lowest BCUT2D eigenvalue weighted by atomic mass is 10.0. The summed E-state index contributed by atoms with van der Waals surface area (Å²) in [6.45, 7) is 5.04. The quantitative estimate of drug-likeness (QED) is 0.462. The van der Waals surface area contributed by atoms with Crippen LogP contribution in [0.1, 0.15) is 29.8 Å². The molecule has 0 radical (unpaired) electrons. The van der Waals surface area contributed by atoms with Crippen molar-refractivity contribution in [3.05, 3.63) is 83.7 Å². The molecule has 0 aliphatic heterocycles. The summed E-state index contributed by atoms with van der Waals surface area (Å²) in [6.07, 6.45) is 1.95. The van der Waals surface area contributed by atoms with Gasteiger partial charge in [0.05, 0.1) is 26.1 Å². The van der Waals surface area contributed by atoms with Gasteiger partial charge >= 0.3 is 0 Å². The van der Waals surface area contributed by atoms with Gasteiger partial charge in [0.15, 0.2) is 0 Å². The van der Waals surface area contributed by atoms with Gasteiger partial charge in [-0.3, -0.25) is 0 Å². The number of nitrogens with one attached hydrogen (secondary N) is 1. The molecular formula is C25H27N3O2. The summed E-state index contributed by atoms with van der Waals surface area (Å²) in [4.78, 5) is 0. The summed E-state index contributed by atoms with van der Waals surface area (Å²) in [5.74, 6) is 1.74. The largest absolute Gasteiger partial charge is 0.497 e. The van der Waals surface area contributed by atoms with E-state index in [-0.39, 0.29) is 6.04 Å². The zero-order valence-corrected chi connectivity index (χ0v) is 17.8. The standard InChI is InChI=1S/C25H27N3O2/c1-17(24-16-27-28(18(24)2)20-10-12-21(29-3)13-11-20)26-15-19-9-14-25(30-4)23-8-6-5-7-22(19)23/h5-14,16-17,26H,15H2,1-4H3/t17-/m0/s1. The molecule has 4 aromatic rings. The van der Waals surface area contributed by atoms with Gasteiger partial charge in [-0.2, -0.15) is 5.10 Å². The second-order valence-corrected chi connectivity index (χ2v) is 7.37. The van der Waals surface area contributed by atoms with E-state index in [9.17, 15) is 0 Å². The molecule has 30 heavy (non-hydrogen) atoms. The van der Waals surface area contributed by atoms with Crippen LogP contribution in [-0.4, -0.2) is 24.0 Å². The summed E-state index contributed by atoms with van der Waals surface area (Å²) in [6, 6.07) is 20.6. The fourth-order valence-electron chi connectivity index (χ4n) is 3.87. The molecule has 1 aromatic heterocycles. The Balaban J connectivity index is 1.53. The Morgan fingerprint density at radius 1 is 0.933 bits per heavy atom. The molecular weight excluding hydrogens is 374 g/mol. The van der Waals surface area contributed by atoms with Gasteiger partial charge in [0.25, 0.3) is 0 Å². The van der Waals surface area contributed by atoms with Gasteiger partial charge < -0.3 is 14.8 Å². The van der Waals surface area contributed by atoms with E-state index in [2.05, 4.69) is 48.5 Å². The Kier molecular flexibility index (Phi) is 5.72. The van der Waals surface area contributed by atoms with E-state index < -0.39 is 0 Å². The van der Waals surface area contributed by atoms with E-state index in [0.29, 0.717) is 0 Å². The molecule has 0 unspecified atom stereocenters. The third-order valence-electron chi connectivity index (χ3n) is 5.62. The summed E-state index contributed by atoms with van der Waals surface area (Å²) < 4.78 is 12.7. The molecule has 3 aromatic carbocycles. The second-order valence-electron chi connectivity index (χ2n) is 7.37. The molecule has 0 spiro atoms. The first-order valence-electron chi connectivity index (χ1n) is 10.1. The average Bonchev–Trinajstić information content (AvgIpc) is 3.18. The summed E-state index contributed by atoms with van der Waals surface area (Å²) in [5, 5.41) is 10.6. The number of aromatic nitrogens is 2. The first-order valence-corrected chi connectivity index (χ1v) is 10.1. The maximum absolute atomic E-state index is 5.51. The Morgan fingerprint density at radius 2 is 1.67 bits per heavy atom. The van der Waals surface area contributed by atoms with E-state index in [1.807, 2.05) is 47.3 Å². The fourth-order valence-corrected chi connectivity index (χ4v) is 3.87. The van der Waals surface area contributed by atoms with Crippen molar-refractivity contribution in [1.29, 1.82) is 0 Å². The molecule has 0 bridgehead atoms. The molecule has 4 rings (SSSR count). The molecule has 0 fully saturated rings. The Bertz CT molecular complexity index is 1150. The number of hydrogen-bond acceptors (Lipinski definition) is 4. The molecule has 1 atom stereocenters. The summed E-state index contributed by atoms with van der Waals surface area (Å²) in [5.41, 5.74) is 4.58. The van der Waals surface area contributed by atoms with Gasteiger partial charge in [-0.1, -0.05) is 30.3 Å². The van der Waals surface area contributed by atoms with Crippen LogP contribution in [0.3, 0.4) is 0 Å². The molecule has 1 N–H and O–H groups in total. The van der Waals surface area contributed by atoms with Crippen molar-refractivity contribution in [1.82, 2.24) is 15.1 Å². The molecule has 0 saturated heterocycles. The Labute approximate surface area is 177 Å². The highest BCUT2D eigenvalue weighted by atomic mass is 16.5. The van der Waals surface area contributed by atoms with Crippen LogP contribution in [-0.2, 0) is 6.54 Å². The third kappa shape index (κ3) is 3.76. The molecule has 0 aliphatic carbocycles. The van der Waals surface area contributed by atoms with Gasteiger partial charge in [-0.25, -0.2) is 4.68 Å². The first kappa shape index (κ1) is 20.0. The molecule has 0 saturated carbocycles. The number of hydrogen-bond donors (Lipinski definition) is 1. The highest BCUT2D eigenvalue weighted by Crippen LogP contribution is 2.29. The Hall–Kier alpha value is -3.31. The summed E-state index contributed by atoms with van der Waals surface area (Å²) in [7, 11) is 3.39. The predicted octanol–water partition coefficient (Wildman–Crippen LogP) is 5.20. The van der Waals surface area contributed by atoms with Gasteiger partial charge in [0.1, 0.15) is 11.5 Å². The number of benzene rings is 3. The van der Waals surface area contributed by atoms with Crippen molar-refractivity contribution in [3.8, 4) is 17.2 Å². The van der Waals surface area contributed by atoms with Gasteiger partial charge in [0.2, 0.25) is 0 Å². The normalized spacial score (nSPS) is 12.1. The highest BCUT2D eigenvalue weighted by Gasteiger charge is 2.15. The Morgan fingerprint density at radius 3 is 2.37 bits per heavy atom. The van der Waals surface area contributed by atoms with Crippen LogP contribution < -0.4 is 14.8 Å². The lowest BCUT2D eigenvalue weighted by Crippen LogP contribution is -2.19. The molecule has 154 valence electrons. The molecule has 5 heteroatoms. The minimum atomic E-state index is 0.165. The van der Waals surface area contributed by atoms with Gasteiger partial charge in [0, 0.05) is 29.2 Å². The van der Waals surface area contributed by atoms with Crippen molar-refractivity contribution in [3.63, 3.8) is 0 Å². The van der Waals surface area contributed by atoms with Crippen molar-refractivity contribution >= 4 is 10.8 Å². The van der Waals surface area contributed by atoms with Crippen LogP contribution in [0.15, 0.2) is 66.9 Å². The number of rotatable bonds is 7. The van der Waals surface area contributed by atoms with E-state index in [1.54, 1.807) is 14.2 Å². The van der Waals surface area contributed by atoms with Crippen LogP contribution in [0, 0.1) is 6.92 Å². The lowest BCUT2D eigenvalue weighted by Gasteiger charge is -2.16. The average molecular weight is 402 g/mol. The minimum absolute atomic E-state index is 0.165. The maximum Gasteiger partial charge on any atom is 0.126 e. The van der Waals surface area contributed by atoms with Crippen LogP contribution >= 0.6 is 0 Å². The molecule has 1 heterocycles. The van der Waals surface area contributed by atoms with Crippen LogP contribution in [0.25, 0.3) is 16.5 Å². The number of methoxy groups -OCH3 is 2. The van der Waals surface area contributed by atoms with Crippen molar-refractivity contribution < 1.29 is 9.47 Å². The monoisotopic (exact) mass is 401 g/mol. The van der Waals surface area contributed by atoms with Crippen LogP contribution in [0.2, 0.25) is 0 Å². The fraction of sp³-hybridized carbons (Fsp3) is 0.240. The maximum atomic E-state index is 5.51. The zero-order valence-electron chi connectivity index (χ0n) is 17.8. The molecule has 0 aliphatic rings. The number of ether oxygens (including phenoxy) is 2. The van der Waals surface area contributed by atoms with Crippen molar-refractivity contribution in [2.45, 2.75) is 26.4 Å². The lowest BCUT2D eigenvalue weighted by molar-refractivity contribution is 0.414. The van der Waals surface area contributed by atoms with Gasteiger partial charge in [-0.05, 0) is 55.1 Å². The SMILES string of the molecule is COc1ccc(-n2ncc([C@H](C)NCc3ccc(OC)c4ccccc34)c2C)cc1. The van der Waals surface area contributed by atoms with Crippen LogP contribution in [0.5, 0.6) is 11.5 Å². The highest BCUT2D eigenvalue weighted by molar-refractivity contribution is 5.91. The van der Waals surface area contributed by atoms with Crippen molar-refractivity contribution in [2.24, 2.45) is 0 Å². The zero-order chi connectivity index (χ0) is 21.1. The first-order chi connectivity index (χ1) is 14.6. The van der Waals surface area contributed by atoms with E-state index >= 15 is 0 Å². The smallest absolute Gasteiger partial charge is 0.126 e. The predicted molar refractivity (Wildman–Crippen MR) is 121 cm³/mol. The minimum Gasteiger partial charge on any atom is -0.497 e. The topological polar surface area (TPSA) is 48.3 Å². The van der Waals surface area contributed by atoms with E-state index in [4.69, 9.17) is 9.47 Å². The van der Waals surface area contributed by atoms with E-state index in [0.717, 1.165) is 34.8 Å². The number of fused-ring (bicyclic) bond motifs is 1. The summed E-state index contributed by atoms with van der Waals surface area (Å²) >= 11 is 0. The van der Waals surface area contributed by atoms with Gasteiger partial charge in [-0.15, -0.1) is 0 Å². The van der Waals surface area contributed by atoms with Crippen molar-refractivity contribution in [2.75, 3.05) is 14.2 Å². The van der Waals surface area contributed by atoms with Crippen LogP contribution in [0.4, 0.5) is 0 Å². The number of nitrogens with zero attached hydrogens (tertiary/aromatic N) is 2. The molecule has 5 nitrogen and oxygen atoms in total. The molecule has 0 amide bonds. The third-order valence-corrected chi connectivity index (χ3v) is 5.62. The van der Waals surface area contributed by atoms with E-state index in [1.165, 1.54) is 16.5 Å².